The SMILES string of the molecule is CCC1(CC)C(=O)NCC(=O)N1Cc1ccc(C)c(C)c1. The van der Waals surface area contributed by atoms with Gasteiger partial charge in [0, 0.05) is 6.54 Å². The van der Waals surface area contributed by atoms with Gasteiger partial charge in [0.15, 0.2) is 0 Å². The van der Waals surface area contributed by atoms with Gasteiger partial charge in [-0.15, -0.1) is 0 Å². The molecule has 0 atom stereocenters. The second kappa shape index (κ2) is 5.88. The third-order valence-corrected chi connectivity index (χ3v) is 4.72. The fourth-order valence-electron chi connectivity index (χ4n) is 3.05. The van der Waals surface area contributed by atoms with Gasteiger partial charge in [-0.1, -0.05) is 32.0 Å². The molecule has 1 heterocycles. The Morgan fingerprint density at radius 3 is 2.38 bits per heavy atom. The zero-order chi connectivity index (χ0) is 15.6. The summed E-state index contributed by atoms with van der Waals surface area (Å²) in [5, 5.41) is 2.73. The van der Waals surface area contributed by atoms with Crippen molar-refractivity contribution < 1.29 is 9.59 Å². The van der Waals surface area contributed by atoms with E-state index < -0.39 is 5.54 Å². The highest BCUT2D eigenvalue weighted by Gasteiger charge is 2.46. The lowest BCUT2D eigenvalue weighted by atomic mass is 9.87. The average Bonchev–Trinajstić information content (AvgIpc) is 2.48. The van der Waals surface area contributed by atoms with Gasteiger partial charge in [-0.25, -0.2) is 0 Å². The molecular formula is C17H24N2O2. The monoisotopic (exact) mass is 288 g/mol. The zero-order valence-electron chi connectivity index (χ0n) is 13.3. The van der Waals surface area contributed by atoms with Crippen LogP contribution in [0.1, 0.15) is 43.4 Å². The van der Waals surface area contributed by atoms with E-state index in [2.05, 4.69) is 31.3 Å². The highest BCUT2D eigenvalue weighted by Crippen LogP contribution is 2.29. The number of aryl methyl sites for hydroxylation is 2. The first-order chi connectivity index (χ1) is 9.94. The summed E-state index contributed by atoms with van der Waals surface area (Å²) in [6.45, 7) is 8.67. The van der Waals surface area contributed by atoms with Gasteiger partial charge in [0.05, 0.1) is 6.54 Å². The topological polar surface area (TPSA) is 49.4 Å². The molecule has 0 aromatic heterocycles. The first kappa shape index (κ1) is 15.5. The van der Waals surface area contributed by atoms with Crippen LogP contribution in [0, 0.1) is 13.8 Å². The van der Waals surface area contributed by atoms with E-state index in [0.717, 1.165) is 5.56 Å². The molecule has 2 rings (SSSR count). The Bertz CT molecular complexity index is 562. The molecule has 1 aliphatic heterocycles. The van der Waals surface area contributed by atoms with Gasteiger partial charge < -0.3 is 10.2 Å². The number of hydrogen-bond donors (Lipinski definition) is 1. The van der Waals surface area contributed by atoms with Gasteiger partial charge in [-0.2, -0.15) is 0 Å². The van der Waals surface area contributed by atoms with Gasteiger partial charge in [0.1, 0.15) is 5.54 Å². The van der Waals surface area contributed by atoms with E-state index in [9.17, 15) is 9.59 Å². The fraction of sp³-hybridized carbons (Fsp3) is 0.529. The maximum atomic E-state index is 12.3. The number of rotatable bonds is 4. The molecule has 114 valence electrons. The molecule has 1 aromatic rings. The van der Waals surface area contributed by atoms with Gasteiger partial charge in [0.25, 0.3) is 0 Å². The van der Waals surface area contributed by atoms with Crippen LogP contribution in [0.2, 0.25) is 0 Å². The van der Waals surface area contributed by atoms with E-state index >= 15 is 0 Å². The summed E-state index contributed by atoms with van der Waals surface area (Å²) >= 11 is 0. The van der Waals surface area contributed by atoms with Gasteiger partial charge in [0.2, 0.25) is 11.8 Å². The Hall–Kier alpha value is -1.84. The minimum atomic E-state index is -0.714. The molecular weight excluding hydrogens is 264 g/mol. The van der Waals surface area contributed by atoms with E-state index in [1.807, 2.05) is 19.9 Å². The summed E-state index contributed by atoms with van der Waals surface area (Å²) in [5.41, 5.74) is 2.81. The van der Waals surface area contributed by atoms with Crippen LogP contribution in [-0.2, 0) is 16.1 Å². The minimum absolute atomic E-state index is 0.00321. The van der Waals surface area contributed by atoms with E-state index in [-0.39, 0.29) is 18.4 Å². The second-order valence-corrected chi connectivity index (χ2v) is 5.82. The predicted molar refractivity (Wildman–Crippen MR) is 82.8 cm³/mol. The fourth-order valence-corrected chi connectivity index (χ4v) is 3.05. The van der Waals surface area contributed by atoms with Crippen molar-refractivity contribution in [2.24, 2.45) is 0 Å². The number of hydrogen-bond acceptors (Lipinski definition) is 2. The molecule has 4 heteroatoms. The van der Waals surface area contributed by atoms with Crippen molar-refractivity contribution in [2.45, 2.75) is 52.6 Å². The summed E-state index contributed by atoms with van der Waals surface area (Å²) in [6.07, 6.45) is 1.26. The number of carbonyl (C=O) groups excluding carboxylic acids is 2. The molecule has 1 saturated heterocycles. The van der Waals surface area contributed by atoms with Crippen LogP contribution >= 0.6 is 0 Å². The molecule has 0 unspecified atom stereocenters. The molecule has 0 aliphatic carbocycles. The van der Waals surface area contributed by atoms with Gasteiger partial charge in [-0.3, -0.25) is 9.59 Å². The molecule has 0 radical (unpaired) electrons. The maximum absolute atomic E-state index is 12.3. The third-order valence-electron chi connectivity index (χ3n) is 4.72. The lowest BCUT2D eigenvalue weighted by Gasteiger charge is -2.45. The zero-order valence-corrected chi connectivity index (χ0v) is 13.3. The van der Waals surface area contributed by atoms with Crippen molar-refractivity contribution in [3.05, 3.63) is 34.9 Å². The summed E-state index contributed by atoms with van der Waals surface area (Å²) in [7, 11) is 0. The summed E-state index contributed by atoms with van der Waals surface area (Å²) in [5.74, 6) is -0.0348. The van der Waals surface area contributed by atoms with Crippen LogP contribution < -0.4 is 5.32 Å². The largest absolute Gasteiger partial charge is 0.345 e. The molecule has 1 N–H and O–H groups in total. The van der Waals surface area contributed by atoms with E-state index in [1.54, 1.807) is 4.90 Å². The molecule has 1 aromatic carbocycles. The van der Waals surface area contributed by atoms with Crippen molar-refractivity contribution in [1.82, 2.24) is 10.2 Å². The summed E-state index contributed by atoms with van der Waals surface area (Å²) < 4.78 is 0. The van der Waals surface area contributed by atoms with E-state index in [0.29, 0.717) is 19.4 Å². The second-order valence-electron chi connectivity index (χ2n) is 5.82. The molecule has 0 bridgehead atoms. The first-order valence-electron chi connectivity index (χ1n) is 7.59. The van der Waals surface area contributed by atoms with Crippen LogP contribution in [0.15, 0.2) is 18.2 Å². The average molecular weight is 288 g/mol. The van der Waals surface area contributed by atoms with Crippen LogP contribution in [0.25, 0.3) is 0 Å². The quantitative estimate of drug-likeness (QED) is 0.924. The molecule has 1 aliphatic rings. The van der Waals surface area contributed by atoms with Crippen LogP contribution in [0.4, 0.5) is 0 Å². The number of carbonyl (C=O) groups is 2. The molecule has 4 nitrogen and oxygen atoms in total. The standard InChI is InChI=1S/C17H24N2O2/c1-5-17(6-2)16(21)18-10-15(20)19(17)11-14-8-7-12(3)13(4)9-14/h7-9H,5-6,10-11H2,1-4H3,(H,18,21). The van der Waals surface area contributed by atoms with Crippen LogP contribution in [-0.4, -0.2) is 28.8 Å². The van der Waals surface area contributed by atoms with Gasteiger partial charge in [-0.05, 0) is 43.4 Å². The Kier molecular flexibility index (Phi) is 4.35. The summed E-state index contributed by atoms with van der Waals surface area (Å²) in [4.78, 5) is 26.4. The highest BCUT2D eigenvalue weighted by atomic mass is 16.2. The summed E-state index contributed by atoms with van der Waals surface area (Å²) in [6, 6.07) is 6.21. The molecule has 0 saturated carbocycles. The number of piperazine rings is 1. The van der Waals surface area contributed by atoms with Gasteiger partial charge >= 0.3 is 0 Å². The number of amides is 2. The first-order valence-corrected chi connectivity index (χ1v) is 7.59. The number of benzene rings is 1. The predicted octanol–water partition coefficient (Wildman–Crippen LogP) is 2.32. The molecule has 2 amide bonds. The smallest absolute Gasteiger partial charge is 0.246 e. The van der Waals surface area contributed by atoms with Crippen molar-refractivity contribution in [1.29, 1.82) is 0 Å². The minimum Gasteiger partial charge on any atom is -0.345 e. The Morgan fingerprint density at radius 1 is 1.14 bits per heavy atom. The van der Waals surface area contributed by atoms with E-state index in [4.69, 9.17) is 0 Å². The number of nitrogens with zero attached hydrogens (tertiary/aromatic N) is 1. The number of nitrogens with one attached hydrogen (secondary N) is 1. The van der Waals surface area contributed by atoms with Crippen molar-refractivity contribution in [3.63, 3.8) is 0 Å². The van der Waals surface area contributed by atoms with Crippen molar-refractivity contribution in [2.75, 3.05) is 6.54 Å². The molecule has 21 heavy (non-hydrogen) atoms. The Balaban J connectivity index is 2.35. The van der Waals surface area contributed by atoms with E-state index in [1.165, 1.54) is 11.1 Å². The van der Waals surface area contributed by atoms with Crippen LogP contribution in [0.5, 0.6) is 0 Å². The van der Waals surface area contributed by atoms with Crippen molar-refractivity contribution >= 4 is 11.8 Å². The van der Waals surface area contributed by atoms with Crippen LogP contribution in [0.3, 0.4) is 0 Å². The highest BCUT2D eigenvalue weighted by molar-refractivity contribution is 5.97. The Morgan fingerprint density at radius 2 is 1.81 bits per heavy atom. The lowest BCUT2D eigenvalue weighted by molar-refractivity contribution is -0.155. The molecule has 0 spiro atoms. The third kappa shape index (κ3) is 2.67. The molecule has 1 fully saturated rings. The maximum Gasteiger partial charge on any atom is 0.246 e. The lowest BCUT2D eigenvalue weighted by Crippen LogP contribution is -2.66. The normalized spacial score (nSPS) is 17.8. The van der Waals surface area contributed by atoms with Crippen molar-refractivity contribution in [3.8, 4) is 0 Å². The Labute approximate surface area is 126 Å².